The maximum Gasteiger partial charge on any atom is 0.184 e. The van der Waals surface area contributed by atoms with Crippen LogP contribution in [-0.4, -0.2) is 36.5 Å². The number of rotatable bonds is 9. The number of ether oxygens (including phenoxy) is 5. The molecule has 0 spiro atoms. The van der Waals surface area contributed by atoms with Crippen LogP contribution in [0.25, 0.3) is 0 Å². The molecule has 39 heavy (non-hydrogen) atoms. The smallest absolute Gasteiger partial charge is 0.184 e. The number of fused-ring (bicyclic) bond motifs is 1. The van der Waals surface area contributed by atoms with Crippen molar-refractivity contribution >= 4 is 11.8 Å². The Kier molecular flexibility index (Phi) is 8.70. The van der Waals surface area contributed by atoms with Gasteiger partial charge >= 0.3 is 0 Å². The van der Waals surface area contributed by atoms with Crippen LogP contribution >= 0.6 is 11.8 Å². The molecule has 0 radical (unpaired) electrons. The van der Waals surface area contributed by atoms with Crippen molar-refractivity contribution in [2.45, 2.75) is 54.3 Å². The summed E-state index contributed by atoms with van der Waals surface area (Å²) in [6.07, 6.45) is -1.89. The van der Waals surface area contributed by atoms with Gasteiger partial charge in [0, 0.05) is 10.5 Å². The minimum atomic E-state index is -0.494. The van der Waals surface area contributed by atoms with Gasteiger partial charge in [0.25, 0.3) is 0 Å². The van der Waals surface area contributed by atoms with E-state index in [4.69, 9.17) is 23.7 Å². The third kappa shape index (κ3) is 6.61. The highest BCUT2D eigenvalue weighted by molar-refractivity contribution is 7.99. The molecule has 6 atom stereocenters. The fraction of sp³-hybridized carbons (Fsp3) is 0.273. The summed E-state index contributed by atoms with van der Waals surface area (Å²) in [6.45, 7) is 1.30. The molecule has 0 unspecified atom stereocenters. The highest BCUT2D eigenvalue weighted by atomic mass is 32.2. The van der Waals surface area contributed by atoms with E-state index in [1.54, 1.807) is 11.8 Å². The molecule has 0 bridgehead atoms. The normalized spacial score (nSPS) is 26.6. The molecule has 6 heteroatoms. The lowest BCUT2D eigenvalue weighted by molar-refractivity contribution is -0.329. The molecule has 2 aliphatic heterocycles. The maximum absolute atomic E-state index is 6.69. The van der Waals surface area contributed by atoms with E-state index in [1.165, 1.54) is 0 Å². The standard InChI is InChI=1S/C33H32O5S/c1-5-13-24(14-6-1)21-34-30-29-28(23-36-32(38-29)26-17-9-3-10-18-26)37-33(39-27-19-11-4-12-20-27)31(30)35-22-25-15-7-2-8-16-25/h1-20,28-33H,21-23H2/t28-,29-,30+,31+,32-,33-/m1/s1. The number of hydrogen-bond acceptors (Lipinski definition) is 6. The van der Waals surface area contributed by atoms with Crippen LogP contribution in [0.15, 0.2) is 126 Å². The summed E-state index contributed by atoms with van der Waals surface area (Å²) in [5.41, 5.74) is 2.86. The fourth-order valence-corrected chi connectivity index (χ4v) is 6.10. The second-order valence-electron chi connectivity index (χ2n) is 9.67. The Hall–Kier alpha value is -2.97. The Morgan fingerprint density at radius 3 is 1.77 bits per heavy atom. The third-order valence-corrected chi connectivity index (χ3v) is 8.08. The summed E-state index contributed by atoms with van der Waals surface area (Å²) in [6, 6.07) is 40.7. The van der Waals surface area contributed by atoms with Crippen molar-refractivity contribution in [3.63, 3.8) is 0 Å². The second kappa shape index (κ2) is 12.9. The van der Waals surface area contributed by atoms with E-state index in [2.05, 4.69) is 36.4 Å². The topological polar surface area (TPSA) is 46.2 Å². The first-order chi connectivity index (χ1) is 19.3. The predicted octanol–water partition coefficient (Wildman–Crippen LogP) is 6.79. The molecule has 200 valence electrons. The third-order valence-electron chi connectivity index (χ3n) is 6.92. The van der Waals surface area contributed by atoms with E-state index < -0.39 is 6.29 Å². The van der Waals surface area contributed by atoms with Gasteiger partial charge < -0.3 is 23.7 Å². The van der Waals surface area contributed by atoms with Gasteiger partial charge in [-0.25, -0.2) is 0 Å². The van der Waals surface area contributed by atoms with Gasteiger partial charge in [0.05, 0.1) is 19.8 Å². The van der Waals surface area contributed by atoms with Crippen molar-refractivity contribution in [3.8, 4) is 0 Å². The Morgan fingerprint density at radius 1 is 0.615 bits per heavy atom. The van der Waals surface area contributed by atoms with E-state index in [1.807, 2.05) is 84.9 Å². The summed E-state index contributed by atoms with van der Waals surface area (Å²) in [7, 11) is 0. The first kappa shape index (κ1) is 26.3. The average molecular weight is 541 g/mol. The van der Waals surface area contributed by atoms with Crippen LogP contribution in [0.4, 0.5) is 0 Å². The molecule has 6 rings (SSSR count). The molecular formula is C33H32O5S. The molecule has 2 fully saturated rings. The van der Waals surface area contributed by atoms with Crippen LogP contribution in [0, 0.1) is 0 Å². The second-order valence-corrected chi connectivity index (χ2v) is 10.8. The van der Waals surface area contributed by atoms with Crippen molar-refractivity contribution < 1.29 is 23.7 Å². The van der Waals surface area contributed by atoms with Gasteiger partial charge in [-0.15, -0.1) is 0 Å². The van der Waals surface area contributed by atoms with Crippen LogP contribution in [0.1, 0.15) is 23.0 Å². The molecule has 2 heterocycles. The molecular weight excluding hydrogens is 508 g/mol. The van der Waals surface area contributed by atoms with Crippen LogP contribution in [0.5, 0.6) is 0 Å². The van der Waals surface area contributed by atoms with E-state index in [9.17, 15) is 0 Å². The van der Waals surface area contributed by atoms with Crippen molar-refractivity contribution in [1.29, 1.82) is 0 Å². The first-order valence-electron chi connectivity index (χ1n) is 13.3. The van der Waals surface area contributed by atoms with Gasteiger partial charge in [-0.3, -0.25) is 0 Å². The molecule has 0 aromatic heterocycles. The summed E-state index contributed by atoms with van der Waals surface area (Å²) in [4.78, 5) is 1.11. The minimum Gasteiger partial charge on any atom is -0.368 e. The molecule has 2 aliphatic rings. The van der Waals surface area contributed by atoms with Gasteiger partial charge in [-0.05, 0) is 23.3 Å². The number of hydrogen-bond donors (Lipinski definition) is 0. The van der Waals surface area contributed by atoms with Crippen LogP contribution in [0.2, 0.25) is 0 Å². The maximum atomic E-state index is 6.69. The van der Waals surface area contributed by atoms with Crippen molar-refractivity contribution in [1.82, 2.24) is 0 Å². The van der Waals surface area contributed by atoms with Crippen LogP contribution < -0.4 is 0 Å². The minimum absolute atomic E-state index is 0.288. The highest BCUT2D eigenvalue weighted by Crippen LogP contribution is 2.41. The molecule has 0 N–H and O–H groups in total. The lowest BCUT2D eigenvalue weighted by Gasteiger charge is -2.49. The molecule has 5 nitrogen and oxygen atoms in total. The molecule has 2 saturated heterocycles. The molecule has 0 saturated carbocycles. The SMILES string of the molecule is c1ccc(CO[C@@H]2[C@H](OCc3ccccc3)[C@@H](Sc3ccccc3)O[C@@H]3CO[C@@H](c4ccccc4)O[C@@H]23)cc1. The zero-order chi connectivity index (χ0) is 26.3. The highest BCUT2D eigenvalue weighted by Gasteiger charge is 2.51. The first-order valence-corrected chi connectivity index (χ1v) is 14.2. The summed E-state index contributed by atoms with van der Waals surface area (Å²) < 4.78 is 32.8. The lowest BCUT2D eigenvalue weighted by atomic mass is 9.98. The Bertz CT molecular complexity index is 1270. The van der Waals surface area contributed by atoms with E-state index in [-0.39, 0.29) is 29.9 Å². The number of thioether (sulfide) groups is 1. The zero-order valence-electron chi connectivity index (χ0n) is 21.6. The van der Waals surface area contributed by atoms with Gasteiger partial charge in [-0.1, -0.05) is 121 Å². The summed E-state index contributed by atoms with van der Waals surface area (Å²) >= 11 is 1.65. The Morgan fingerprint density at radius 2 is 1.15 bits per heavy atom. The molecule has 4 aromatic rings. The summed E-state index contributed by atoms with van der Waals surface area (Å²) in [5.74, 6) is 0. The molecule has 4 aromatic carbocycles. The Balaban J connectivity index is 1.30. The van der Waals surface area contributed by atoms with Crippen molar-refractivity contribution in [3.05, 3.63) is 138 Å². The van der Waals surface area contributed by atoms with Crippen molar-refractivity contribution in [2.24, 2.45) is 0 Å². The van der Waals surface area contributed by atoms with Crippen molar-refractivity contribution in [2.75, 3.05) is 6.61 Å². The molecule has 0 amide bonds. The quantitative estimate of drug-likeness (QED) is 0.233. The van der Waals surface area contributed by atoms with Crippen LogP contribution in [0.3, 0.4) is 0 Å². The number of benzene rings is 4. The van der Waals surface area contributed by atoms with E-state index in [0.29, 0.717) is 19.8 Å². The monoisotopic (exact) mass is 540 g/mol. The van der Waals surface area contributed by atoms with E-state index in [0.717, 1.165) is 21.6 Å². The lowest BCUT2D eigenvalue weighted by Crippen LogP contribution is -2.62. The molecule has 0 aliphatic carbocycles. The summed E-state index contributed by atoms with van der Waals surface area (Å²) in [5, 5.41) is 0. The van der Waals surface area contributed by atoms with Crippen LogP contribution in [-0.2, 0) is 36.9 Å². The zero-order valence-corrected chi connectivity index (χ0v) is 22.4. The average Bonchev–Trinajstić information content (AvgIpc) is 3.01. The van der Waals surface area contributed by atoms with Gasteiger partial charge in [-0.2, -0.15) is 0 Å². The van der Waals surface area contributed by atoms with E-state index >= 15 is 0 Å². The Labute approximate surface area is 234 Å². The van der Waals surface area contributed by atoms with Gasteiger partial charge in [0.1, 0.15) is 29.9 Å². The van der Waals surface area contributed by atoms with Gasteiger partial charge in [0.15, 0.2) is 6.29 Å². The largest absolute Gasteiger partial charge is 0.368 e. The van der Waals surface area contributed by atoms with Gasteiger partial charge in [0.2, 0.25) is 0 Å². The fourth-order valence-electron chi connectivity index (χ4n) is 4.95. The predicted molar refractivity (Wildman–Crippen MR) is 151 cm³/mol.